The fourth-order valence-corrected chi connectivity index (χ4v) is 5.85. The lowest BCUT2D eigenvalue weighted by Crippen LogP contribution is -2.48. The van der Waals surface area contributed by atoms with Crippen LogP contribution in [0.4, 0.5) is 0 Å². The van der Waals surface area contributed by atoms with Gasteiger partial charge in [-0.1, -0.05) is 0 Å². The number of primary amides is 1. The van der Waals surface area contributed by atoms with Crippen LogP contribution in [0.1, 0.15) is 57.8 Å². The van der Waals surface area contributed by atoms with Crippen LogP contribution in [0.15, 0.2) is 0 Å². The number of hydrogen-bond donors (Lipinski definition) is 2. The summed E-state index contributed by atoms with van der Waals surface area (Å²) < 4.78 is 0. The number of nitrogens with two attached hydrogens (primary N) is 1. The first-order valence-corrected chi connectivity index (χ1v) is 9.27. The number of nitrogens with one attached hydrogen (secondary N) is 1. The van der Waals surface area contributed by atoms with Gasteiger partial charge in [0.25, 0.3) is 0 Å². The van der Waals surface area contributed by atoms with Crippen molar-refractivity contribution in [3.05, 3.63) is 0 Å². The Morgan fingerprint density at radius 1 is 1.22 bits per heavy atom. The SMILES string of the molecule is CN1C(=O)CCC12CCC(C1CC13CC(C(N)=O)CCN3)CC2. The van der Waals surface area contributed by atoms with Crippen LogP contribution in [0.5, 0.6) is 0 Å². The Kier molecular flexibility index (Phi) is 3.49. The van der Waals surface area contributed by atoms with Gasteiger partial charge in [-0.3, -0.25) is 9.59 Å². The summed E-state index contributed by atoms with van der Waals surface area (Å²) in [6.07, 6.45) is 9.60. The number of carbonyl (C=O) groups excluding carboxylic acids is 2. The fourth-order valence-electron chi connectivity index (χ4n) is 5.85. The van der Waals surface area contributed by atoms with Gasteiger partial charge in [0.05, 0.1) is 0 Å². The molecule has 4 aliphatic rings. The van der Waals surface area contributed by atoms with Gasteiger partial charge in [-0.2, -0.15) is 0 Å². The van der Waals surface area contributed by atoms with Gasteiger partial charge in [0.1, 0.15) is 0 Å². The van der Waals surface area contributed by atoms with Gasteiger partial charge in [0.2, 0.25) is 11.8 Å². The van der Waals surface area contributed by atoms with E-state index >= 15 is 0 Å². The molecule has 4 fully saturated rings. The maximum absolute atomic E-state index is 11.9. The number of piperidine rings is 1. The van der Waals surface area contributed by atoms with E-state index in [1.807, 2.05) is 11.9 Å². The number of carbonyl (C=O) groups is 2. The fraction of sp³-hybridized carbons (Fsp3) is 0.889. The van der Waals surface area contributed by atoms with E-state index in [4.69, 9.17) is 5.73 Å². The number of likely N-dealkylation sites (tertiary alicyclic amines) is 1. The highest BCUT2D eigenvalue weighted by molar-refractivity contribution is 5.79. The molecule has 2 aliphatic heterocycles. The highest BCUT2D eigenvalue weighted by atomic mass is 16.2. The summed E-state index contributed by atoms with van der Waals surface area (Å²) in [4.78, 5) is 25.5. The molecule has 0 aromatic heterocycles. The van der Waals surface area contributed by atoms with Crippen LogP contribution in [0.2, 0.25) is 0 Å². The van der Waals surface area contributed by atoms with Crippen molar-refractivity contribution >= 4 is 11.8 Å². The lowest BCUT2D eigenvalue weighted by molar-refractivity contribution is -0.130. The molecule has 2 spiro atoms. The lowest BCUT2D eigenvalue weighted by atomic mass is 9.72. The van der Waals surface area contributed by atoms with Crippen LogP contribution in [0.25, 0.3) is 0 Å². The zero-order chi connectivity index (χ0) is 16.2. The van der Waals surface area contributed by atoms with Crippen LogP contribution in [-0.2, 0) is 9.59 Å². The summed E-state index contributed by atoms with van der Waals surface area (Å²) in [6.45, 7) is 0.929. The molecule has 3 N–H and O–H groups in total. The lowest BCUT2D eigenvalue weighted by Gasteiger charge is -2.43. The molecule has 0 aromatic carbocycles. The molecule has 0 aromatic rings. The van der Waals surface area contributed by atoms with E-state index in [2.05, 4.69) is 5.32 Å². The van der Waals surface area contributed by atoms with E-state index in [-0.39, 0.29) is 22.9 Å². The van der Waals surface area contributed by atoms with E-state index in [0.717, 1.165) is 51.0 Å². The number of nitrogens with zero attached hydrogens (tertiary/aromatic N) is 1. The van der Waals surface area contributed by atoms with Crippen LogP contribution in [-0.4, -0.2) is 41.4 Å². The summed E-state index contributed by atoms with van der Waals surface area (Å²) in [5.41, 5.74) is 5.90. The van der Waals surface area contributed by atoms with E-state index in [0.29, 0.717) is 11.8 Å². The Balaban J connectivity index is 1.37. The van der Waals surface area contributed by atoms with E-state index < -0.39 is 0 Å². The maximum atomic E-state index is 11.9. The quantitative estimate of drug-likeness (QED) is 0.808. The third-order valence-corrected chi connectivity index (χ3v) is 7.54. The summed E-state index contributed by atoms with van der Waals surface area (Å²) in [6, 6.07) is 0. The monoisotopic (exact) mass is 319 g/mol. The largest absolute Gasteiger partial charge is 0.369 e. The van der Waals surface area contributed by atoms with Crippen LogP contribution in [0, 0.1) is 17.8 Å². The molecular weight excluding hydrogens is 290 g/mol. The van der Waals surface area contributed by atoms with Crippen molar-refractivity contribution in [1.82, 2.24) is 10.2 Å². The van der Waals surface area contributed by atoms with E-state index in [9.17, 15) is 9.59 Å². The first-order valence-electron chi connectivity index (χ1n) is 9.27. The predicted molar refractivity (Wildman–Crippen MR) is 87.5 cm³/mol. The first-order chi connectivity index (χ1) is 11.0. The first kappa shape index (κ1) is 15.4. The van der Waals surface area contributed by atoms with E-state index in [1.165, 1.54) is 19.3 Å². The van der Waals surface area contributed by atoms with Gasteiger partial charge in [-0.05, 0) is 69.7 Å². The molecule has 0 bridgehead atoms. The second-order valence-corrected chi connectivity index (χ2v) is 8.50. The third kappa shape index (κ3) is 2.39. The van der Waals surface area contributed by atoms with Gasteiger partial charge in [-0.25, -0.2) is 0 Å². The normalized spacial score (nSPS) is 46.6. The number of hydrogen-bond acceptors (Lipinski definition) is 3. The molecule has 2 aliphatic carbocycles. The highest BCUT2D eigenvalue weighted by Crippen LogP contribution is 2.58. The van der Waals surface area contributed by atoms with Crippen molar-refractivity contribution in [1.29, 1.82) is 0 Å². The van der Waals surface area contributed by atoms with E-state index in [1.54, 1.807) is 0 Å². The molecule has 128 valence electrons. The molecule has 3 atom stereocenters. The van der Waals surface area contributed by atoms with Gasteiger partial charge < -0.3 is 16.0 Å². The minimum Gasteiger partial charge on any atom is -0.369 e. The van der Waals surface area contributed by atoms with Gasteiger partial charge in [0, 0.05) is 30.5 Å². The van der Waals surface area contributed by atoms with Crippen molar-refractivity contribution in [2.24, 2.45) is 23.5 Å². The highest BCUT2D eigenvalue weighted by Gasteiger charge is 2.60. The Labute approximate surface area is 138 Å². The predicted octanol–water partition coefficient (Wildman–Crippen LogP) is 1.41. The minimum absolute atomic E-state index is 0.0646. The maximum Gasteiger partial charge on any atom is 0.222 e. The van der Waals surface area contributed by atoms with Crippen molar-refractivity contribution < 1.29 is 9.59 Å². The second kappa shape index (κ2) is 5.20. The minimum atomic E-state index is -0.120. The molecule has 0 radical (unpaired) electrons. The molecule has 2 saturated heterocycles. The Morgan fingerprint density at radius 3 is 2.57 bits per heavy atom. The van der Waals surface area contributed by atoms with Crippen molar-refractivity contribution in [2.75, 3.05) is 13.6 Å². The molecule has 5 nitrogen and oxygen atoms in total. The van der Waals surface area contributed by atoms with Gasteiger partial charge >= 0.3 is 0 Å². The summed E-state index contributed by atoms with van der Waals surface area (Å²) >= 11 is 0. The summed E-state index contributed by atoms with van der Waals surface area (Å²) in [5.74, 6) is 1.73. The number of amides is 2. The molecule has 3 unspecified atom stereocenters. The third-order valence-electron chi connectivity index (χ3n) is 7.54. The molecule has 23 heavy (non-hydrogen) atoms. The molecule has 2 saturated carbocycles. The van der Waals surface area contributed by atoms with Gasteiger partial charge in [0.15, 0.2) is 0 Å². The number of rotatable bonds is 2. The summed E-state index contributed by atoms with van der Waals surface area (Å²) in [5, 5.41) is 3.71. The smallest absolute Gasteiger partial charge is 0.222 e. The zero-order valence-electron chi connectivity index (χ0n) is 14.1. The van der Waals surface area contributed by atoms with Crippen LogP contribution < -0.4 is 11.1 Å². The van der Waals surface area contributed by atoms with Crippen molar-refractivity contribution in [3.8, 4) is 0 Å². The standard InChI is InChI=1S/C18H29N3O2/c1-21-15(22)4-8-17(21)6-2-12(3-7-17)14-11-18(14)10-13(16(19)23)5-9-20-18/h12-14,20H,2-11H2,1H3,(H2,19,23). The Bertz CT molecular complexity index is 526. The molecule has 2 amide bonds. The topological polar surface area (TPSA) is 75.4 Å². The molecule has 5 heteroatoms. The van der Waals surface area contributed by atoms with Crippen LogP contribution >= 0.6 is 0 Å². The average Bonchev–Trinajstić information content (AvgIpc) is 3.17. The average molecular weight is 319 g/mol. The van der Waals surface area contributed by atoms with Crippen molar-refractivity contribution in [2.45, 2.75) is 68.9 Å². The Morgan fingerprint density at radius 2 is 1.96 bits per heavy atom. The molecule has 2 heterocycles. The molecular formula is C18H29N3O2. The Hall–Kier alpha value is -1.10. The second-order valence-electron chi connectivity index (χ2n) is 8.50. The van der Waals surface area contributed by atoms with Gasteiger partial charge in [-0.15, -0.1) is 0 Å². The molecule has 4 rings (SSSR count). The van der Waals surface area contributed by atoms with Crippen molar-refractivity contribution in [3.63, 3.8) is 0 Å². The summed E-state index contributed by atoms with van der Waals surface area (Å²) in [7, 11) is 1.99. The zero-order valence-corrected chi connectivity index (χ0v) is 14.1. The van der Waals surface area contributed by atoms with Crippen LogP contribution in [0.3, 0.4) is 0 Å².